The summed E-state index contributed by atoms with van der Waals surface area (Å²) in [5.74, 6) is -0.841. The fourth-order valence-corrected chi connectivity index (χ4v) is 1.86. The Hall–Kier alpha value is -2.11. The number of pyridine rings is 1. The van der Waals surface area contributed by atoms with Crippen LogP contribution in [0.4, 0.5) is 0 Å². The molecular formula is C12H14N2O4. The van der Waals surface area contributed by atoms with Crippen LogP contribution in [-0.4, -0.2) is 35.1 Å². The van der Waals surface area contributed by atoms with Crippen molar-refractivity contribution in [1.29, 1.82) is 0 Å². The Morgan fingerprint density at radius 2 is 2.44 bits per heavy atom. The monoisotopic (exact) mass is 250 g/mol. The second-order valence-electron chi connectivity index (χ2n) is 4.18. The van der Waals surface area contributed by atoms with Crippen LogP contribution >= 0.6 is 0 Å². The Balaban J connectivity index is 1.97. The predicted molar refractivity (Wildman–Crippen MR) is 62.4 cm³/mol. The molecule has 0 aliphatic carbocycles. The highest BCUT2D eigenvalue weighted by atomic mass is 16.5. The zero-order valence-corrected chi connectivity index (χ0v) is 9.76. The van der Waals surface area contributed by atoms with Crippen LogP contribution in [0.5, 0.6) is 5.88 Å². The molecule has 1 unspecified atom stereocenters. The molecule has 96 valence electrons. The summed E-state index contributed by atoms with van der Waals surface area (Å²) >= 11 is 0. The van der Waals surface area contributed by atoms with Gasteiger partial charge in [0.15, 0.2) is 0 Å². The molecule has 1 aliphatic heterocycles. The number of nitrogens with one attached hydrogen (secondary N) is 1. The molecule has 0 bridgehead atoms. The van der Waals surface area contributed by atoms with E-state index in [0.717, 1.165) is 6.42 Å². The van der Waals surface area contributed by atoms with Crippen molar-refractivity contribution in [2.75, 3.05) is 13.2 Å². The molecule has 0 saturated carbocycles. The lowest BCUT2D eigenvalue weighted by molar-refractivity contribution is -0.123. The predicted octanol–water partition coefficient (Wildman–Crippen LogP) is 0.685. The molecular weight excluding hydrogens is 236 g/mol. The first kappa shape index (κ1) is 12.3. The van der Waals surface area contributed by atoms with E-state index in [4.69, 9.17) is 9.84 Å². The number of aromatic nitrogens is 1. The molecule has 6 nitrogen and oxygen atoms in total. The molecule has 6 heteroatoms. The van der Waals surface area contributed by atoms with Gasteiger partial charge in [-0.25, -0.2) is 9.78 Å². The van der Waals surface area contributed by atoms with Crippen molar-refractivity contribution < 1.29 is 19.4 Å². The fraction of sp³-hybridized carbons (Fsp3) is 0.417. The third-order valence-corrected chi connectivity index (χ3v) is 2.81. The normalized spacial score (nSPS) is 19.1. The number of hydrogen-bond acceptors (Lipinski definition) is 4. The van der Waals surface area contributed by atoms with Gasteiger partial charge in [0.1, 0.15) is 5.56 Å². The molecule has 0 aromatic carbocycles. The Bertz CT molecular complexity index is 461. The number of piperidine rings is 1. The molecule has 1 fully saturated rings. The van der Waals surface area contributed by atoms with Crippen LogP contribution in [0.25, 0.3) is 0 Å². The third kappa shape index (κ3) is 2.97. The summed E-state index contributed by atoms with van der Waals surface area (Å²) in [7, 11) is 0. The summed E-state index contributed by atoms with van der Waals surface area (Å²) in [6.45, 7) is 0.950. The number of rotatable bonds is 4. The number of carboxylic acid groups (broad SMARTS) is 1. The number of hydrogen-bond donors (Lipinski definition) is 2. The Kier molecular flexibility index (Phi) is 3.76. The lowest BCUT2D eigenvalue weighted by Crippen LogP contribution is -2.35. The minimum Gasteiger partial charge on any atom is -0.477 e. The van der Waals surface area contributed by atoms with E-state index in [2.05, 4.69) is 10.3 Å². The molecule has 0 radical (unpaired) electrons. The van der Waals surface area contributed by atoms with Crippen LogP contribution in [0.2, 0.25) is 0 Å². The highest BCUT2D eigenvalue weighted by Gasteiger charge is 2.20. The largest absolute Gasteiger partial charge is 0.477 e. The number of carbonyl (C=O) groups excluding carboxylic acids is 1. The van der Waals surface area contributed by atoms with Crippen LogP contribution in [0.15, 0.2) is 18.3 Å². The van der Waals surface area contributed by atoms with Gasteiger partial charge in [0.2, 0.25) is 11.8 Å². The first-order valence-electron chi connectivity index (χ1n) is 5.74. The standard InChI is InChI=1S/C12H14N2O4/c15-10-6-8(3-5-13-10)7-18-11-9(12(16)17)2-1-4-14-11/h1-2,4,8H,3,5-7H2,(H,13,15)(H,16,17). The van der Waals surface area contributed by atoms with Crippen molar-refractivity contribution in [2.24, 2.45) is 5.92 Å². The molecule has 1 atom stereocenters. The maximum atomic E-state index is 11.2. The summed E-state index contributed by atoms with van der Waals surface area (Å²) in [5, 5.41) is 11.7. The van der Waals surface area contributed by atoms with Crippen molar-refractivity contribution in [2.45, 2.75) is 12.8 Å². The maximum absolute atomic E-state index is 11.2. The lowest BCUT2D eigenvalue weighted by Gasteiger charge is -2.22. The van der Waals surface area contributed by atoms with E-state index in [1.807, 2.05) is 0 Å². The van der Waals surface area contributed by atoms with Gasteiger partial charge in [-0.3, -0.25) is 4.79 Å². The first-order chi connectivity index (χ1) is 8.66. The van der Waals surface area contributed by atoms with Crippen molar-refractivity contribution in [1.82, 2.24) is 10.3 Å². The van der Waals surface area contributed by atoms with Gasteiger partial charge in [-0.05, 0) is 18.6 Å². The summed E-state index contributed by atoms with van der Waals surface area (Å²) in [5.41, 5.74) is 0.0396. The third-order valence-electron chi connectivity index (χ3n) is 2.81. The maximum Gasteiger partial charge on any atom is 0.341 e. The van der Waals surface area contributed by atoms with E-state index in [0.29, 0.717) is 19.6 Å². The van der Waals surface area contributed by atoms with Gasteiger partial charge in [-0.15, -0.1) is 0 Å². The number of carboxylic acids is 1. The van der Waals surface area contributed by atoms with Gasteiger partial charge in [-0.1, -0.05) is 0 Å². The molecule has 0 spiro atoms. The van der Waals surface area contributed by atoms with Crippen LogP contribution in [-0.2, 0) is 4.79 Å². The second kappa shape index (κ2) is 5.48. The highest BCUT2D eigenvalue weighted by molar-refractivity contribution is 5.90. The molecule has 2 rings (SSSR count). The van der Waals surface area contributed by atoms with E-state index in [9.17, 15) is 9.59 Å². The van der Waals surface area contributed by atoms with Crippen molar-refractivity contribution in [3.63, 3.8) is 0 Å². The van der Waals surface area contributed by atoms with E-state index in [1.54, 1.807) is 6.07 Å². The molecule has 1 aromatic heterocycles. The van der Waals surface area contributed by atoms with Crippen molar-refractivity contribution >= 4 is 11.9 Å². The van der Waals surface area contributed by atoms with E-state index in [1.165, 1.54) is 12.3 Å². The minimum atomic E-state index is -1.07. The van der Waals surface area contributed by atoms with Crippen LogP contribution < -0.4 is 10.1 Å². The summed E-state index contributed by atoms with van der Waals surface area (Å²) < 4.78 is 5.41. The van der Waals surface area contributed by atoms with Gasteiger partial charge in [0, 0.05) is 25.1 Å². The van der Waals surface area contributed by atoms with Crippen molar-refractivity contribution in [3.05, 3.63) is 23.9 Å². The Morgan fingerprint density at radius 1 is 1.61 bits per heavy atom. The zero-order chi connectivity index (χ0) is 13.0. The Morgan fingerprint density at radius 3 is 3.17 bits per heavy atom. The second-order valence-corrected chi connectivity index (χ2v) is 4.18. The van der Waals surface area contributed by atoms with E-state index < -0.39 is 5.97 Å². The minimum absolute atomic E-state index is 0.00864. The smallest absolute Gasteiger partial charge is 0.341 e. The first-order valence-corrected chi connectivity index (χ1v) is 5.74. The number of ether oxygens (including phenoxy) is 1. The fourth-order valence-electron chi connectivity index (χ4n) is 1.86. The molecule has 1 aromatic rings. The van der Waals surface area contributed by atoms with Crippen LogP contribution in [0.3, 0.4) is 0 Å². The summed E-state index contributed by atoms with van der Waals surface area (Å²) in [6.07, 6.45) is 2.73. The van der Waals surface area contributed by atoms with Crippen molar-refractivity contribution in [3.8, 4) is 5.88 Å². The number of nitrogens with zero attached hydrogens (tertiary/aromatic N) is 1. The molecule has 1 amide bonds. The average Bonchev–Trinajstić information content (AvgIpc) is 2.37. The highest BCUT2D eigenvalue weighted by Crippen LogP contribution is 2.18. The van der Waals surface area contributed by atoms with Crippen LogP contribution in [0, 0.1) is 5.92 Å². The molecule has 2 N–H and O–H groups in total. The summed E-state index contributed by atoms with van der Waals surface area (Å²) in [6, 6.07) is 2.99. The molecule has 1 saturated heterocycles. The summed E-state index contributed by atoms with van der Waals surface area (Å²) in [4.78, 5) is 26.0. The lowest BCUT2D eigenvalue weighted by atomic mass is 9.99. The van der Waals surface area contributed by atoms with Gasteiger partial charge < -0.3 is 15.2 Å². The average molecular weight is 250 g/mol. The molecule has 1 aliphatic rings. The van der Waals surface area contributed by atoms with E-state index in [-0.39, 0.29) is 23.3 Å². The SMILES string of the molecule is O=C1CC(COc2ncccc2C(=O)O)CCN1. The molecule has 2 heterocycles. The van der Waals surface area contributed by atoms with Gasteiger partial charge in [-0.2, -0.15) is 0 Å². The number of amides is 1. The Labute approximate surface area is 104 Å². The number of aromatic carboxylic acids is 1. The topological polar surface area (TPSA) is 88.5 Å². The van der Waals surface area contributed by atoms with E-state index >= 15 is 0 Å². The number of carbonyl (C=O) groups is 2. The molecule has 18 heavy (non-hydrogen) atoms. The van der Waals surface area contributed by atoms with Crippen LogP contribution in [0.1, 0.15) is 23.2 Å². The van der Waals surface area contributed by atoms with Gasteiger partial charge in [0.05, 0.1) is 6.61 Å². The van der Waals surface area contributed by atoms with Gasteiger partial charge >= 0.3 is 5.97 Å². The quantitative estimate of drug-likeness (QED) is 0.820. The zero-order valence-electron chi connectivity index (χ0n) is 9.76. The van der Waals surface area contributed by atoms with Gasteiger partial charge in [0.25, 0.3) is 0 Å².